The van der Waals surface area contributed by atoms with Gasteiger partial charge in [0, 0.05) is 22.0 Å². The number of nitrogens with one attached hydrogen (secondary N) is 2. The molecule has 7 heteroatoms. The van der Waals surface area contributed by atoms with Gasteiger partial charge in [0.25, 0.3) is 5.91 Å². The van der Waals surface area contributed by atoms with Gasteiger partial charge in [-0.25, -0.2) is 4.98 Å². The Labute approximate surface area is 125 Å². The van der Waals surface area contributed by atoms with Crippen molar-refractivity contribution in [3.8, 4) is 0 Å². The number of carbonyl (C=O) groups excluding carboxylic acids is 2. The minimum atomic E-state index is -0.279. The number of thiazole rings is 1. The lowest BCUT2D eigenvalue weighted by Crippen LogP contribution is -2.32. The number of thiophene rings is 1. The van der Waals surface area contributed by atoms with E-state index in [1.807, 2.05) is 5.38 Å². The summed E-state index contributed by atoms with van der Waals surface area (Å²) in [6, 6.07) is 1.72. The number of amides is 2. The molecule has 2 aromatic heterocycles. The fourth-order valence-corrected chi connectivity index (χ4v) is 2.90. The van der Waals surface area contributed by atoms with Gasteiger partial charge in [0.1, 0.15) is 0 Å². The third kappa shape index (κ3) is 3.88. The maximum absolute atomic E-state index is 11.7. The average Bonchev–Trinajstić information content (AvgIpc) is 3.06. The van der Waals surface area contributed by atoms with Crippen molar-refractivity contribution in [2.75, 3.05) is 11.9 Å². The lowest BCUT2D eigenvalue weighted by atomic mass is 10.2. The minimum absolute atomic E-state index is 0.0642. The Kier molecular flexibility index (Phi) is 4.86. The summed E-state index contributed by atoms with van der Waals surface area (Å²) in [6.45, 7) is 4.08. The lowest BCUT2D eigenvalue weighted by molar-refractivity contribution is -0.115. The second-order valence-electron chi connectivity index (χ2n) is 4.47. The van der Waals surface area contributed by atoms with Crippen molar-refractivity contribution in [1.29, 1.82) is 0 Å². The van der Waals surface area contributed by atoms with E-state index in [2.05, 4.69) is 29.5 Å². The lowest BCUT2D eigenvalue weighted by Gasteiger charge is -2.03. The van der Waals surface area contributed by atoms with E-state index >= 15 is 0 Å². The summed E-state index contributed by atoms with van der Waals surface area (Å²) >= 11 is 2.89. The topological polar surface area (TPSA) is 71.1 Å². The zero-order valence-electron chi connectivity index (χ0n) is 11.2. The highest BCUT2D eigenvalue weighted by Gasteiger charge is 2.11. The third-order valence-corrected chi connectivity index (χ3v) is 4.43. The van der Waals surface area contributed by atoms with E-state index in [1.54, 1.807) is 17.6 Å². The molecule has 0 saturated carbocycles. The molecular formula is C13H15N3O2S2. The number of nitrogens with zero attached hydrogens (tertiary/aromatic N) is 1. The normalized spacial score (nSPS) is 10.6. The van der Waals surface area contributed by atoms with Crippen LogP contribution in [0.1, 0.15) is 35.0 Å². The van der Waals surface area contributed by atoms with E-state index < -0.39 is 0 Å². The van der Waals surface area contributed by atoms with Crippen molar-refractivity contribution in [1.82, 2.24) is 10.3 Å². The van der Waals surface area contributed by atoms with Crippen molar-refractivity contribution >= 4 is 39.6 Å². The Hall–Kier alpha value is -1.73. The standard InChI is InChI=1S/C13H15N3O2S2/c1-8(2)10-5-15-13(20-10)16-11(17)6-14-12(18)9-3-4-19-7-9/h3-5,7-8H,6H2,1-2H3,(H,14,18)(H,15,16,17). The Morgan fingerprint density at radius 2 is 2.20 bits per heavy atom. The maximum Gasteiger partial charge on any atom is 0.252 e. The van der Waals surface area contributed by atoms with Gasteiger partial charge in [-0.2, -0.15) is 11.3 Å². The SMILES string of the molecule is CC(C)c1cnc(NC(=O)CNC(=O)c2ccsc2)s1. The van der Waals surface area contributed by atoms with Crippen LogP contribution in [0.15, 0.2) is 23.0 Å². The van der Waals surface area contributed by atoms with Crippen LogP contribution >= 0.6 is 22.7 Å². The van der Waals surface area contributed by atoms with E-state index in [1.165, 1.54) is 22.7 Å². The Morgan fingerprint density at radius 1 is 1.40 bits per heavy atom. The number of anilines is 1. The van der Waals surface area contributed by atoms with Crippen LogP contribution in [0.5, 0.6) is 0 Å². The van der Waals surface area contributed by atoms with Gasteiger partial charge in [-0.1, -0.05) is 13.8 Å². The second-order valence-corrected chi connectivity index (χ2v) is 6.31. The minimum Gasteiger partial charge on any atom is -0.343 e. The van der Waals surface area contributed by atoms with Crippen LogP contribution in [-0.4, -0.2) is 23.3 Å². The highest BCUT2D eigenvalue weighted by Crippen LogP contribution is 2.24. The highest BCUT2D eigenvalue weighted by atomic mass is 32.1. The van der Waals surface area contributed by atoms with Crippen molar-refractivity contribution < 1.29 is 9.59 Å². The van der Waals surface area contributed by atoms with Gasteiger partial charge in [-0.15, -0.1) is 11.3 Å². The summed E-state index contributed by atoms with van der Waals surface area (Å²) in [5, 5.41) is 9.36. The van der Waals surface area contributed by atoms with Crippen molar-refractivity contribution in [3.05, 3.63) is 33.5 Å². The van der Waals surface area contributed by atoms with Crippen molar-refractivity contribution in [2.24, 2.45) is 0 Å². The molecule has 0 radical (unpaired) electrons. The molecule has 2 heterocycles. The van der Waals surface area contributed by atoms with Crippen molar-refractivity contribution in [3.63, 3.8) is 0 Å². The van der Waals surface area contributed by atoms with Gasteiger partial charge in [-0.05, 0) is 17.4 Å². The molecule has 0 aromatic carbocycles. The highest BCUT2D eigenvalue weighted by molar-refractivity contribution is 7.15. The van der Waals surface area contributed by atoms with Gasteiger partial charge in [0.2, 0.25) is 5.91 Å². The molecule has 0 aliphatic heterocycles. The summed E-state index contributed by atoms with van der Waals surface area (Å²) in [6.07, 6.45) is 1.76. The molecule has 2 amide bonds. The number of aromatic nitrogens is 1. The monoisotopic (exact) mass is 309 g/mol. The van der Waals surface area contributed by atoms with Crippen LogP contribution in [-0.2, 0) is 4.79 Å². The summed E-state index contributed by atoms with van der Waals surface area (Å²) in [5.74, 6) is -0.141. The molecule has 0 spiro atoms. The van der Waals surface area contributed by atoms with E-state index in [0.717, 1.165) is 4.88 Å². The molecule has 0 aliphatic rings. The smallest absolute Gasteiger partial charge is 0.252 e. The number of hydrogen-bond acceptors (Lipinski definition) is 5. The molecule has 2 N–H and O–H groups in total. The van der Waals surface area contributed by atoms with Crippen LogP contribution in [0, 0.1) is 0 Å². The van der Waals surface area contributed by atoms with E-state index in [9.17, 15) is 9.59 Å². The summed E-state index contributed by atoms with van der Waals surface area (Å²) in [7, 11) is 0. The van der Waals surface area contributed by atoms with Gasteiger partial charge in [-0.3, -0.25) is 9.59 Å². The molecule has 0 atom stereocenters. The molecule has 106 valence electrons. The van der Waals surface area contributed by atoms with Gasteiger partial charge in [0.05, 0.1) is 6.54 Å². The van der Waals surface area contributed by atoms with E-state index in [-0.39, 0.29) is 18.4 Å². The maximum atomic E-state index is 11.7. The molecule has 2 aromatic rings. The van der Waals surface area contributed by atoms with Crippen LogP contribution in [0.2, 0.25) is 0 Å². The summed E-state index contributed by atoms with van der Waals surface area (Å²) in [5.41, 5.74) is 0.569. The van der Waals surface area contributed by atoms with Gasteiger partial charge < -0.3 is 10.6 Å². The second kappa shape index (κ2) is 6.62. The Balaban J connectivity index is 1.82. The number of hydrogen-bond donors (Lipinski definition) is 2. The third-order valence-electron chi connectivity index (χ3n) is 2.53. The van der Waals surface area contributed by atoms with Crippen LogP contribution in [0.3, 0.4) is 0 Å². The van der Waals surface area contributed by atoms with Crippen LogP contribution < -0.4 is 10.6 Å². The largest absolute Gasteiger partial charge is 0.343 e. The number of carbonyl (C=O) groups is 2. The van der Waals surface area contributed by atoms with Crippen LogP contribution in [0.4, 0.5) is 5.13 Å². The predicted molar refractivity (Wildman–Crippen MR) is 81.5 cm³/mol. The zero-order valence-corrected chi connectivity index (χ0v) is 12.8. The Bertz CT molecular complexity index is 591. The van der Waals surface area contributed by atoms with E-state index in [0.29, 0.717) is 16.6 Å². The number of rotatable bonds is 5. The summed E-state index contributed by atoms with van der Waals surface area (Å²) in [4.78, 5) is 28.6. The fraction of sp³-hybridized carbons (Fsp3) is 0.308. The predicted octanol–water partition coefficient (Wildman–Crippen LogP) is 2.70. The molecule has 0 aliphatic carbocycles. The average molecular weight is 309 g/mol. The molecule has 20 heavy (non-hydrogen) atoms. The molecular weight excluding hydrogens is 294 g/mol. The molecule has 0 unspecified atom stereocenters. The van der Waals surface area contributed by atoms with E-state index in [4.69, 9.17) is 0 Å². The fourth-order valence-electron chi connectivity index (χ4n) is 1.43. The molecule has 0 saturated heterocycles. The molecule has 5 nitrogen and oxygen atoms in total. The first kappa shape index (κ1) is 14.7. The van der Waals surface area contributed by atoms with Crippen LogP contribution in [0.25, 0.3) is 0 Å². The molecule has 0 bridgehead atoms. The zero-order chi connectivity index (χ0) is 14.5. The first-order valence-corrected chi connectivity index (χ1v) is 7.88. The first-order valence-electron chi connectivity index (χ1n) is 6.12. The molecule has 0 fully saturated rings. The van der Waals surface area contributed by atoms with Gasteiger partial charge in [0.15, 0.2) is 5.13 Å². The quantitative estimate of drug-likeness (QED) is 0.892. The summed E-state index contributed by atoms with van der Waals surface area (Å²) < 4.78 is 0. The first-order chi connectivity index (χ1) is 9.56. The van der Waals surface area contributed by atoms with Crippen molar-refractivity contribution in [2.45, 2.75) is 19.8 Å². The van der Waals surface area contributed by atoms with Gasteiger partial charge >= 0.3 is 0 Å². The Morgan fingerprint density at radius 3 is 2.80 bits per heavy atom. The molecule has 2 rings (SSSR count).